The van der Waals surface area contributed by atoms with Crippen molar-refractivity contribution in [3.63, 3.8) is 0 Å². The maximum Gasteiger partial charge on any atom is 0.310 e. The second-order valence-electron chi connectivity index (χ2n) is 7.16. The molecule has 0 aromatic heterocycles. The molecule has 0 unspecified atom stereocenters. The van der Waals surface area contributed by atoms with Gasteiger partial charge in [0.2, 0.25) is 0 Å². The average Bonchev–Trinajstić information content (AvgIpc) is 2.79. The summed E-state index contributed by atoms with van der Waals surface area (Å²) in [5.74, 6) is 0.282. The molecule has 30 heavy (non-hydrogen) atoms. The Bertz CT molecular complexity index is 860. The number of esters is 1. The zero-order chi connectivity index (χ0) is 21.3. The number of piperidine rings is 1. The average molecular weight is 412 g/mol. The number of nitrogens with zero attached hydrogens (tertiary/aromatic N) is 1. The molecule has 2 aromatic carbocycles. The molecule has 1 aliphatic rings. The van der Waals surface area contributed by atoms with Crippen LogP contribution in [0.1, 0.15) is 24.8 Å². The van der Waals surface area contributed by atoms with Crippen molar-refractivity contribution in [1.82, 2.24) is 0 Å². The number of methoxy groups -OCH3 is 2. The van der Waals surface area contributed by atoms with E-state index >= 15 is 0 Å². The Hall–Kier alpha value is -3.22. The van der Waals surface area contributed by atoms with Gasteiger partial charge in [0, 0.05) is 36.1 Å². The molecule has 0 aliphatic carbocycles. The van der Waals surface area contributed by atoms with E-state index in [0.29, 0.717) is 22.7 Å². The minimum atomic E-state index is -0.505. The molecule has 0 radical (unpaired) electrons. The minimum absolute atomic E-state index is 0.00494. The third-order valence-corrected chi connectivity index (χ3v) is 5.07. The Labute approximate surface area is 176 Å². The van der Waals surface area contributed by atoms with Crippen molar-refractivity contribution in [2.75, 3.05) is 44.1 Å². The molecule has 2 aromatic rings. The summed E-state index contributed by atoms with van der Waals surface area (Å²) in [4.78, 5) is 26.6. The molecule has 0 bridgehead atoms. The monoisotopic (exact) mass is 412 g/mol. The quantitative estimate of drug-likeness (QED) is 0.670. The fourth-order valence-corrected chi connectivity index (χ4v) is 3.46. The van der Waals surface area contributed by atoms with Crippen LogP contribution >= 0.6 is 0 Å². The number of ether oxygens (including phenoxy) is 3. The van der Waals surface area contributed by atoms with Gasteiger partial charge in [-0.2, -0.15) is 0 Å². The van der Waals surface area contributed by atoms with E-state index in [9.17, 15) is 9.59 Å². The fraction of sp³-hybridized carbons (Fsp3) is 0.391. The van der Waals surface area contributed by atoms with E-state index < -0.39 is 5.97 Å². The summed E-state index contributed by atoms with van der Waals surface area (Å²) < 4.78 is 15.5. The van der Waals surface area contributed by atoms with Crippen LogP contribution < -0.4 is 19.7 Å². The maximum absolute atomic E-state index is 12.1. The van der Waals surface area contributed by atoms with E-state index in [1.165, 1.54) is 26.4 Å². The Morgan fingerprint density at radius 1 is 0.967 bits per heavy atom. The number of hydrogen-bond acceptors (Lipinski definition) is 6. The number of benzene rings is 2. The zero-order valence-corrected chi connectivity index (χ0v) is 17.5. The van der Waals surface area contributed by atoms with Crippen LogP contribution in [0.5, 0.6) is 11.5 Å². The van der Waals surface area contributed by atoms with Crippen LogP contribution in [-0.2, 0) is 20.7 Å². The standard InChI is InChI=1S/C23H28N2O5/c1-28-20-11-6-17(21(15-20)29-2)14-23(27)30-16-22(26)24-18-7-9-19(10-8-18)25-12-4-3-5-13-25/h6-11,15H,3-5,12-14,16H2,1-2H3,(H,24,26). The Morgan fingerprint density at radius 3 is 2.37 bits per heavy atom. The van der Waals surface area contributed by atoms with Crippen molar-refractivity contribution in [3.05, 3.63) is 48.0 Å². The summed E-state index contributed by atoms with van der Waals surface area (Å²) in [6.45, 7) is 1.80. The van der Waals surface area contributed by atoms with Gasteiger partial charge in [0.05, 0.1) is 20.6 Å². The highest BCUT2D eigenvalue weighted by atomic mass is 16.5. The molecular weight excluding hydrogens is 384 g/mol. The van der Waals surface area contributed by atoms with Gasteiger partial charge < -0.3 is 24.4 Å². The number of hydrogen-bond donors (Lipinski definition) is 1. The predicted molar refractivity (Wildman–Crippen MR) is 115 cm³/mol. The van der Waals surface area contributed by atoms with Gasteiger partial charge in [0.15, 0.2) is 6.61 Å². The summed E-state index contributed by atoms with van der Waals surface area (Å²) in [6.07, 6.45) is 3.72. The normalized spacial score (nSPS) is 13.5. The van der Waals surface area contributed by atoms with Gasteiger partial charge in [0.25, 0.3) is 5.91 Å². The maximum atomic E-state index is 12.1. The molecule has 1 saturated heterocycles. The van der Waals surface area contributed by atoms with Crippen molar-refractivity contribution in [1.29, 1.82) is 0 Å². The first-order valence-electron chi connectivity index (χ1n) is 10.1. The zero-order valence-electron chi connectivity index (χ0n) is 17.5. The third kappa shape index (κ3) is 5.89. The lowest BCUT2D eigenvalue weighted by Crippen LogP contribution is -2.29. The van der Waals surface area contributed by atoms with Crippen LogP contribution in [0.2, 0.25) is 0 Å². The fourth-order valence-electron chi connectivity index (χ4n) is 3.46. The van der Waals surface area contributed by atoms with Crippen LogP contribution in [0.3, 0.4) is 0 Å². The number of amides is 1. The van der Waals surface area contributed by atoms with Gasteiger partial charge in [0.1, 0.15) is 11.5 Å². The number of anilines is 2. The second-order valence-corrected chi connectivity index (χ2v) is 7.16. The molecule has 3 rings (SSSR count). The topological polar surface area (TPSA) is 77.1 Å². The largest absolute Gasteiger partial charge is 0.497 e. The summed E-state index contributed by atoms with van der Waals surface area (Å²) in [7, 11) is 3.08. The van der Waals surface area contributed by atoms with E-state index in [0.717, 1.165) is 18.8 Å². The summed E-state index contributed by atoms with van der Waals surface area (Å²) in [5.41, 5.74) is 2.50. The SMILES string of the molecule is COc1ccc(CC(=O)OCC(=O)Nc2ccc(N3CCCCC3)cc2)c(OC)c1. The number of carbonyl (C=O) groups is 2. The van der Waals surface area contributed by atoms with E-state index in [-0.39, 0.29) is 18.9 Å². The van der Waals surface area contributed by atoms with Crippen molar-refractivity contribution in [2.45, 2.75) is 25.7 Å². The molecule has 7 heteroatoms. The molecule has 1 amide bonds. The highest BCUT2D eigenvalue weighted by molar-refractivity contribution is 5.93. The van der Waals surface area contributed by atoms with Crippen molar-refractivity contribution < 1.29 is 23.8 Å². The van der Waals surface area contributed by atoms with Gasteiger partial charge in [-0.15, -0.1) is 0 Å². The first-order chi connectivity index (χ1) is 14.6. The van der Waals surface area contributed by atoms with E-state index in [2.05, 4.69) is 10.2 Å². The van der Waals surface area contributed by atoms with Crippen LogP contribution in [0.15, 0.2) is 42.5 Å². The van der Waals surface area contributed by atoms with Crippen LogP contribution in [0, 0.1) is 0 Å². The smallest absolute Gasteiger partial charge is 0.310 e. The molecule has 1 fully saturated rings. The highest BCUT2D eigenvalue weighted by Crippen LogP contribution is 2.25. The van der Waals surface area contributed by atoms with E-state index in [4.69, 9.17) is 14.2 Å². The third-order valence-electron chi connectivity index (χ3n) is 5.07. The Morgan fingerprint density at radius 2 is 1.70 bits per heavy atom. The summed E-state index contributed by atoms with van der Waals surface area (Å²) in [5, 5.41) is 2.75. The van der Waals surface area contributed by atoms with Crippen LogP contribution in [0.25, 0.3) is 0 Å². The molecule has 1 heterocycles. The highest BCUT2D eigenvalue weighted by Gasteiger charge is 2.14. The minimum Gasteiger partial charge on any atom is -0.497 e. The lowest BCUT2D eigenvalue weighted by Gasteiger charge is -2.28. The summed E-state index contributed by atoms with van der Waals surface area (Å²) in [6, 6.07) is 12.9. The molecule has 7 nitrogen and oxygen atoms in total. The first kappa shape index (κ1) is 21.5. The van der Waals surface area contributed by atoms with Gasteiger partial charge in [-0.3, -0.25) is 9.59 Å². The van der Waals surface area contributed by atoms with E-state index in [1.54, 1.807) is 25.3 Å². The lowest BCUT2D eigenvalue weighted by molar-refractivity contribution is -0.146. The van der Waals surface area contributed by atoms with Crippen molar-refractivity contribution in [2.24, 2.45) is 0 Å². The molecular formula is C23H28N2O5. The van der Waals surface area contributed by atoms with Gasteiger partial charge in [-0.1, -0.05) is 6.07 Å². The van der Waals surface area contributed by atoms with Crippen LogP contribution in [-0.4, -0.2) is 45.8 Å². The van der Waals surface area contributed by atoms with E-state index in [1.807, 2.05) is 24.3 Å². The van der Waals surface area contributed by atoms with Gasteiger partial charge >= 0.3 is 5.97 Å². The Balaban J connectivity index is 1.46. The van der Waals surface area contributed by atoms with Crippen LogP contribution in [0.4, 0.5) is 11.4 Å². The van der Waals surface area contributed by atoms with Gasteiger partial charge in [-0.25, -0.2) is 0 Å². The number of carbonyl (C=O) groups excluding carboxylic acids is 2. The predicted octanol–water partition coefficient (Wildman–Crippen LogP) is 3.42. The van der Waals surface area contributed by atoms with Crippen molar-refractivity contribution >= 4 is 23.3 Å². The first-order valence-corrected chi connectivity index (χ1v) is 10.1. The summed E-state index contributed by atoms with van der Waals surface area (Å²) >= 11 is 0. The molecule has 160 valence electrons. The number of rotatable bonds is 8. The molecule has 0 atom stereocenters. The second kappa shape index (κ2) is 10.5. The van der Waals surface area contributed by atoms with Crippen molar-refractivity contribution in [3.8, 4) is 11.5 Å². The number of nitrogens with one attached hydrogen (secondary N) is 1. The molecule has 1 aliphatic heterocycles. The van der Waals surface area contributed by atoms with Gasteiger partial charge in [-0.05, 0) is 49.6 Å². The molecule has 0 spiro atoms. The Kier molecular flexibility index (Phi) is 7.54. The molecule has 1 N–H and O–H groups in total. The molecule has 0 saturated carbocycles. The lowest BCUT2D eigenvalue weighted by atomic mass is 10.1.